The lowest BCUT2D eigenvalue weighted by molar-refractivity contribution is 0.193. The van der Waals surface area contributed by atoms with Gasteiger partial charge in [-0.3, -0.25) is 0 Å². The van der Waals surface area contributed by atoms with Crippen molar-refractivity contribution in [1.82, 2.24) is 4.31 Å². The molecule has 1 aliphatic heterocycles. The summed E-state index contributed by atoms with van der Waals surface area (Å²) in [5.74, 6) is 0. The number of likely N-dealkylation sites (N-methyl/N-ethyl adjacent to an activating group) is 1. The van der Waals surface area contributed by atoms with E-state index >= 15 is 0 Å². The quantitative estimate of drug-likeness (QED) is 0.830. The van der Waals surface area contributed by atoms with Crippen LogP contribution in [0.15, 0.2) is 23.1 Å². The number of rotatable bonds is 4. The molecule has 1 fully saturated rings. The number of ether oxygens (including phenoxy) is 1. The van der Waals surface area contributed by atoms with Crippen LogP contribution in [0.4, 0.5) is 11.4 Å². The van der Waals surface area contributed by atoms with Crippen LogP contribution in [-0.2, 0) is 14.8 Å². The average molecular weight is 299 g/mol. The van der Waals surface area contributed by atoms with E-state index < -0.39 is 10.0 Å². The first kappa shape index (κ1) is 15.1. The van der Waals surface area contributed by atoms with Crippen LogP contribution in [0.2, 0.25) is 0 Å². The molecule has 1 aromatic rings. The molecule has 0 amide bonds. The van der Waals surface area contributed by atoms with Gasteiger partial charge in [0, 0.05) is 27.7 Å². The second-order valence-electron chi connectivity index (χ2n) is 5.14. The van der Waals surface area contributed by atoms with Gasteiger partial charge in [-0.1, -0.05) is 0 Å². The van der Waals surface area contributed by atoms with Gasteiger partial charge < -0.3 is 15.4 Å². The second-order valence-corrected chi connectivity index (χ2v) is 7.29. The summed E-state index contributed by atoms with van der Waals surface area (Å²) in [4.78, 5) is 2.26. The van der Waals surface area contributed by atoms with Crippen molar-refractivity contribution in [3.63, 3.8) is 0 Å². The average Bonchev–Trinajstić information content (AvgIpc) is 2.91. The molecule has 0 radical (unpaired) electrons. The lowest BCUT2D eigenvalue weighted by Gasteiger charge is -2.27. The van der Waals surface area contributed by atoms with E-state index in [0.717, 1.165) is 18.7 Å². The minimum atomic E-state index is -3.45. The molecule has 2 rings (SSSR count). The van der Waals surface area contributed by atoms with E-state index in [1.54, 1.807) is 12.1 Å². The molecule has 0 aliphatic carbocycles. The molecule has 0 spiro atoms. The molecule has 1 atom stereocenters. The summed E-state index contributed by atoms with van der Waals surface area (Å²) >= 11 is 0. The smallest absolute Gasteiger partial charge is 0.242 e. The van der Waals surface area contributed by atoms with E-state index in [0.29, 0.717) is 12.3 Å². The van der Waals surface area contributed by atoms with E-state index in [-0.39, 0.29) is 10.9 Å². The van der Waals surface area contributed by atoms with Crippen LogP contribution in [0.3, 0.4) is 0 Å². The topological polar surface area (TPSA) is 75.9 Å². The highest BCUT2D eigenvalue weighted by molar-refractivity contribution is 7.89. The molecule has 1 aromatic carbocycles. The Hall–Kier alpha value is -1.31. The fourth-order valence-electron chi connectivity index (χ4n) is 2.25. The molecule has 0 aromatic heterocycles. The van der Waals surface area contributed by atoms with Gasteiger partial charge in [0.05, 0.1) is 28.9 Å². The van der Waals surface area contributed by atoms with Gasteiger partial charge in [0.25, 0.3) is 0 Å². The van der Waals surface area contributed by atoms with Crippen LogP contribution in [0.25, 0.3) is 0 Å². The van der Waals surface area contributed by atoms with Gasteiger partial charge in [-0.05, 0) is 24.6 Å². The summed E-state index contributed by atoms with van der Waals surface area (Å²) in [6.07, 6.45) is 0.952. The molecule has 1 saturated heterocycles. The third kappa shape index (κ3) is 2.74. The summed E-state index contributed by atoms with van der Waals surface area (Å²) in [6, 6.07) is 5.14. The van der Waals surface area contributed by atoms with Crippen molar-refractivity contribution in [2.45, 2.75) is 17.4 Å². The number of hydrogen-bond donors (Lipinski definition) is 1. The largest absolute Gasteiger partial charge is 0.397 e. The summed E-state index contributed by atoms with van der Waals surface area (Å²) in [6.45, 7) is 1.43. The monoisotopic (exact) mass is 299 g/mol. The first-order valence-electron chi connectivity index (χ1n) is 6.46. The number of sulfonamides is 1. The predicted octanol–water partition coefficient (Wildman–Crippen LogP) is 0.744. The van der Waals surface area contributed by atoms with Gasteiger partial charge in [0.15, 0.2) is 0 Å². The maximum atomic E-state index is 12.1. The fourth-order valence-corrected chi connectivity index (χ4v) is 3.19. The summed E-state index contributed by atoms with van der Waals surface area (Å²) < 4.78 is 30.7. The van der Waals surface area contributed by atoms with Crippen molar-refractivity contribution < 1.29 is 13.2 Å². The highest BCUT2D eigenvalue weighted by Crippen LogP contribution is 2.29. The Labute approximate surface area is 120 Å². The maximum Gasteiger partial charge on any atom is 0.242 e. The minimum Gasteiger partial charge on any atom is -0.397 e. The summed E-state index contributed by atoms with van der Waals surface area (Å²) in [5.41, 5.74) is 7.31. The van der Waals surface area contributed by atoms with Crippen molar-refractivity contribution in [3.8, 4) is 0 Å². The van der Waals surface area contributed by atoms with E-state index in [4.69, 9.17) is 10.5 Å². The molecule has 112 valence electrons. The van der Waals surface area contributed by atoms with Gasteiger partial charge in [-0.25, -0.2) is 12.7 Å². The molecule has 1 heterocycles. The maximum absolute atomic E-state index is 12.1. The van der Waals surface area contributed by atoms with Gasteiger partial charge in [0.2, 0.25) is 10.0 Å². The van der Waals surface area contributed by atoms with Crippen LogP contribution in [0.5, 0.6) is 0 Å². The summed E-state index contributed by atoms with van der Waals surface area (Å²) in [7, 11) is 1.50. The molecule has 1 unspecified atom stereocenters. The number of nitrogen functional groups attached to an aromatic ring is 1. The predicted molar refractivity (Wildman–Crippen MR) is 79.4 cm³/mol. The number of nitrogens with zero attached hydrogens (tertiary/aromatic N) is 2. The van der Waals surface area contributed by atoms with Crippen molar-refractivity contribution >= 4 is 21.4 Å². The Morgan fingerprint density at radius 2 is 2.00 bits per heavy atom. The Morgan fingerprint density at radius 3 is 2.50 bits per heavy atom. The zero-order chi connectivity index (χ0) is 14.9. The van der Waals surface area contributed by atoms with Gasteiger partial charge in [-0.2, -0.15) is 0 Å². The molecule has 2 N–H and O–H groups in total. The van der Waals surface area contributed by atoms with Crippen molar-refractivity contribution in [2.24, 2.45) is 0 Å². The number of nitrogens with two attached hydrogens (primary N) is 1. The van der Waals surface area contributed by atoms with Crippen LogP contribution < -0.4 is 10.6 Å². The fraction of sp³-hybridized carbons (Fsp3) is 0.538. The van der Waals surface area contributed by atoms with Crippen LogP contribution in [-0.4, -0.2) is 53.1 Å². The molecule has 20 heavy (non-hydrogen) atoms. The van der Waals surface area contributed by atoms with Crippen LogP contribution in [0.1, 0.15) is 6.42 Å². The Bertz CT molecular complexity index is 581. The Kier molecular flexibility index (Phi) is 4.22. The third-order valence-electron chi connectivity index (χ3n) is 3.61. The molecule has 0 saturated carbocycles. The lowest BCUT2D eigenvalue weighted by atomic mass is 10.2. The van der Waals surface area contributed by atoms with Crippen molar-refractivity contribution in [2.75, 3.05) is 45.0 Å². The molecule has 6 nitrogen and oxygen atoms in total. The standard InChI is InChI=1S/C13H21N3O3S/c1-15(2)20(17,18)11-4-5-13(12(14)8-11)16(3)10-6-7-19-9-10/h4-5,8,10H,6-7,9,14H2,1-3H3. The molecule has 0 bridgehead atoms. The normalized spacial score (nSPS) is 19.5. The van der Waals surface area contributed by atoms with E-state index in [9.17, 15) is 8.42 Å². The first-order chi connectivity index (χ1) is 9.34. The number of hydrogen-bond acceptors (Lipinski definition) is 5. The molecule has 7 heteroatoms. The number of benzene rings is 1. The SMILES string of the molecule is CN(c1ccc(S(=O)(=O)N(C)C)cc1N)C1CCOC1. The van der Waals surface area contributed by atoms with Crippen LogP contribution in [0, 0.1) is 0 Å². The molecular formula is C13H21N3O3S. The highest BCUT2D eigenvalue weighted by Gasteiger charge is 2.23. The highest BCUT2D eigenvalue weighted by atomic mass is 32.2. The van der Waals surface area contributed by atoms with Crippen molar-refractivity contribution in [1.29, 1.82) is 0 Å². The molecular weight excluding hydrogens is 278 g/mol. The zero-order valence-corrected chi connectivity index (χ0v) is 12.9. The molecule has 1 aliphatic rings. The zero-order valence-electron chi connectivity index (χ0n) is 12.0. The summed E-state index contributed by atoms with van der Waals surface area (Å²) in [5, 5.41) is 0. The van der Waals surface area contributed by atoms with Crippen molar-refractivity contribution in [3.05, 3.63) is 18.2 Å². The van der Waals surface area contributed by atoms with Gasteiger partial charge in [0.1, 0.15) is 0 Å². The third-order valence-corrected chi connectivity index (χ3v) is 5.42. The Balaban J connectivity index is 2.30. The second kappa shape index (κ2) is 5.59. The first-order valence-corrected chi connectivity index (χ1v) is 7.90. The van der Waals surface area contributed by atoms with Crippen LogP contribution >= 0.6 is 0 Å². The van der Waals surface area contributed by atoms with E-state index in [1.807, 2.05) is 11.9 Å². The number of anilines is 2. The van der Waals surface area contributed by atoms with E-state index in [2.05, 4.69) is 0 Å². The lowest BCUT2D eigenvalue weighted by Crippen LogP contribution is -2.32. The van der Waals surface area contributed by atoms with Gasteiger partial charge in [-0.15, -0.1) is 0 Å². The van der Waals surface area contributed by atoms with Gasteiger partial charge >= 0.3 is 0 Å². The minimum absolute atomic E-state index is 0.208. The Morgan fingerprint density at radius 1 is 1.30 bits per heavy atom. The van der Waals surface area contributed by atoms with E-state index in [1.165, 1.54) is 24.5 Å².